The minimum atomic E-state index is -2.01. The summed E-state index contributed by atoms with van der Waals surface area (Å²) < 4.78 is 97.0. The summed E-state index contributed by atoms with van der Waals surface area (Å²) in [7, 11) is 1.44. The first kappa shape index (κ1) is 32.1. The summed E-state index contributed by atoms with van der Waals surface area (Å²) in [5, 5.41) is 2.92. The first-order valence-electron chi connectivity index (χ1n) is 17.4. The quantitative estimate of drug-likeness (QED) is 0.132. The number of rotatable bonds is 7. The van der Waals surface area contributed by atoms with E-state index in [1.165, 1.54) is 25.3 Å². The number of aromatic nitrogens is 3. The number of nitrogens with zero attached hydrogens (tertiary/aromatic N) is 5. The van der Waals surface area contributed by atoms with Gasteiger partial charge < -0.3 is 19.1 Å². The zero-order valence-electron chi connectivity index (χ0n) is 27.6. The van der Waals surface area contributed by atoms with Gasteiger partial charge in [-0.15, -0.1) is 0 Å². The van der Waals surface area contributed by atoms with E-state index >= 15 is 17.6 Å². The van der Waals surface area contributed by atoms with Gasteiger partial charge in [0, 0.05) is 30.9 Å². The smallest absolute Gasteiger partial charge is 0.319 e. The summed E-state index contributed by atoms with van der Waals surface area (Å²) >= 11 is 0. The third kappa shape index (κ3) is 4.92. The SMILES string of the molecule is COCOc1cc(-c2nc3c4c(nc(OCC56CCCN5CCC6)nc4c2F)N2C[C@@]4(F)CC[C@](F)(N4)[C@H]2CCC3)c2c(F)c(F)ccc2c1. The Morgan fingerprint density at radius 3 is 2.54 bits per heavy atom. The molecule has 2 bridgehead atoms. The van der Waals surface area contributed by atoms with Crippen LogP contribution in [0.2, 0.25) is 0 Å². The lowest BCUT2D eigenvalue weighted by molar-refractivity contribution is 0.00892. The van der Waals surface area contributed by atoms with E-state index in [2.05, 4.69) is 15.2 Å². The van der Waals surface area contributed by atoms with Crippen molar-refractivity contribution in [2.24, 2.45) is 0 Å². The number of hydrogen-bond acceptors (Lipinski definition) is 9. The average Bonchev–Trinajstić information content (AvgIpc) is 3.76. The van der Waals surface area contributed by atoms with Gasteiger partial charge in [0.05, 0.1) is 29.2 Å². The lowest BCUT2D eigenvalue weighted by Crippen LogP contribution is -2.68. The maximum Gasteiger partial charge on any atom is 0.319 e. The second-order valence-corrected chi connectivity index (χ2v) is 14.5. The number of anilines is 1. The van der Waals surface area contributed by atoms with E-state index in [-0.39, 0.29) is 95.3 Å². The number of ether oxygens (including phenoxy) is 3. The normalized spacial score (nSPS) is 27.0. The van der Waals surface area contributed by atoms with Crippen LogP contribution in [0.3, 0.4) is 0 Å². The number of halogens is 5. The zero-order chi connectivity index (χ0) is 34.4. The van der Waals surface area contributed by atoms with Gasteiger partial charge in [0.1, 0.15) is 29.4 Å². The summed E-state index contributed by atoms with van der Waals surface area (Å²) in [5.41, 5.74) is -0.271. The van der Waals surface area contributed by atoms with E-state index in [1.807, 2.05) is 0 Å². The van der Waals surface area contributed by atoms with Crippen LogP contribution in [0.25, 0.3) is 32.9 Å². The predicted molar refractivity (Wildman–Crippen MR) is 175 cm³/mol. The number of benzene rings is 2. The van der Waals surface area contributed by atoms with E-state index < -0.39 is 35.1 Å². The average molecular weight is 697 g/mol. The molecular formula is C36H37F5N6O3. The third-order valence-electron chi connectivity index (χ3n) is 11.5. The van der Waals surface area contributed by atoms with Gasteiger partial charge >= 0.3 is 6.01 Å². The lowest BCUT2D eigenvalue weighted by Gasteiger charge is -2.47. The van der Waals surface area contributed by atoms with E-state index in [4.69, 9.17) is 24.2 Å². The highest BCUT2D eigenvalue weighted by Gasteiger charge is 2.60. The molecule has 0 spiro atoms. The largest absolute Gasteiger partial charge is 0.468 e. The van der Waals surface area contributed by atoms with E-state index in [0.717, 1.165) is 44.8 Å². The molecule has 1 N–H and O–H groups in total. The Hall–Kier alpha value is -3.88. The number of nitrogens with one attached hydrogen (secondary N) is 1. The minimum Gasteiger partial charge on any atom is -0.468 e. The van der Waals surface area contributed by atoms with Crippen LogP contribution in [-0.2, 0) is 11.2 Å². The number of fused-ring (bicyclic) bond motifs is 7. The molecule has 4 saturated heterocycles. The number of piperazine rings is 1. The van der Waals surface area contributed by atoms with Gasteiger partial charge in [-0.05, 0) is 81.6 Å². The van der Waals surface area contributed by atoms with Crippen molar-refractivity contribution in [2.75, 3.05) is 45.0 Å². The number of alkyl halides is 2. The monoisotopic (exact) mass is 696 g/mol. The van der Waals surface area contributed by atoms with Crippen LogP contribution in [0.1, 0.15) is 57.1 Å². The summed E-state index contributed by atoms with van der Waals surface area (Å²) in [6.07, 6.45) is 5.03. The standard InChI is InChI=1S/C36H37F5N6O3/c1-48-19-50-21-15-20-7-8-23(37)28(38)26(20)22(16-21)30-29(39)31-27-24(42-30)5-2-6-25-36(41)12-11-35(40,45-36)17-47(25)32(27)44-33(43-31)49-18-34-9-3-13-46(34)14-4-10-34/h7-8,15-16,25,45H,2-6,9-14,17-19H2,1H3/t25-,35-,36+/m1/s1. The molecule has 4 aromatic rings. The molecule has 5 aliphatic heterocycles. The fraction of sp³-hybridized carbons (Fsp3) is 0.528. The molecule has 0 unspecified atom stereocenters. The molecule has 9 nitrogen and oxygen atoms in total. The molecule has 2 aromatic carbocycles. The zero-order valence-corrected chi connectivity index (χ0v) is 27.6. The van der Waals surface area contributed by atoms with Crippen LogP contribution in [0.15, 0.2) is 24.3 Å². The Kier molecular flexibility index (Phi) is 7.42. The summed E-state index contributed by atoms with van der Waals surface area (Å²) in [5.74, 6) is -6.82. The van der Waals surface area contributed by atoms with Crippen molar-refractivity contribution in [3.63, 3.8) is 0 Å². The molecule has 5 aliphatic rings. The molecule has 0 amide bonds. The van der Waals surface area contributed by atoms with Crippen LogP contribution in [0.5, 0.6) is 11.8 Å². The van der Waals surface area contributed by atoms with Crippen molar-refractivity contribution < 1.29 is 36.2 Å². The topological polar surface area (TPSA) is 84.9 Å². The van der Waals surface area contributed by atoms with Gasteiger partial charge in [-0.2, -0.15) is 9.97 Å². The Morgan fingerprint density at radius 1 is 0.920 bits per heavy atom. The maximum absolute atomic E-state index is 17.3. The first-order chi connectivity index (χ1) is 24.1. The van der Waals surface area contributed by atoms with Crippen LogP contribution in [0, 0.1) is 17.5 Å². The van der Waals surface area contributed by atoms with Crippen molar-refractivity contribution in [3.8, 4) is 23.0 Å². The van der Waals surface area contributed by atoms with Crippen molar-refractivity contribution in [2.45, 2.75) is 81.0 Å². The number of methoxy groups -OCH3 is 1. The molecule has 7 heterocycles. The van der Waals surface area contributed by atoms with Crippen LogP contribution in [0.4, 0.5) is 27.8 Å². The van der Waals surface area contributed by atoms with E-state index in [9.17, 15) is 4.39 Å². The number of hydrogen-bond donors (Lipinski definition) is 1. The molecule has 264 valence electrons. The van der Waals surface area contributed by atoms with E-state index in [0.29, 0.717) is 18.5 Å². The highest BCUT2D eigenvalue weighted by Crippen LogP contribution is 2.49. The predicted octanol–water partition coefficient (Wildman–Crippen LogP) is 6.49. The summed E-state index contributed by atoms with van der Waals surface area (Å²) in [4.78, 5) is 18.1. The highest BCUT2D eigenvalue weighted by atomic mass is 19.2. The fourth-order valence-corrected chi connectivity index (χ4v) is 9.21. The van der Waals surface area contributed by atoms with Crippen LogP contribution >= 0.6 is 0 Å². The van der Waals surface area contributed by atoms with Crippen LogP contribution in [-0.4, -0.2) is 83.2 Å². The molecule has 50 heavy (non-hydrogen) atoms. The minimum absolute atomic E-state index is 0.00427. The van der Waals surface area contributed by atoms with Gasteiger partial charge in [0.2, 0.25) is 0 Å². The lowest BCUT2D eigenvalue weighted by atomic mass is 9.92. The maximum atomic E-state index is 17.3. The Morgan fingerprint density at radius 2 is 1.74 bits per heavy atom. The molecule has 0 aliphatic carbocycles. The number of pyridine rings is 1. The molecule has 0 radical (unpaired) electrons. The third-order valence-corrected chi connectivity index (χ3v) is 11.5. The van der Waals surface area contributed by atoms with Crippen LogP contribution < -0.4 is 19.7 Å². The molecule has 14 heteroatoms. The van der Waals surface area contributed by atoms with E-state index in [1.54, 1.807) is 4.90 Å². The second kappa shape index (κ2) is 11.6. The van der Waals surface area contributed by atoms with Crippen molar-refractivity contribution >= 4 is 27.5 Å². The molecule has 0 saturated carbocycles. The Labute approximate surface area is 285 Å². The fourth-order valence-electron chi connectivity index (χ4n) is 9.21. The summed E-state index contributed by atoms with van der Waals surface area (Å²) in [6.45, 7) is 1.88. The molecule has 2 aromatic heterocycles. The number of aryl methyl sites for hydroxylation is 1. The first-order valence-corrected chi connectivity index (χ1v) is 17.4. The molecular weight excluding hydrogens is 659 g/mol. The molecule has 9 rings (SSSR count). The Balaban J connectivity index is 1.26. The van der Waals surface area contributed by atoms with Crippen molar-refractivity contribution in [1.29, 1.82) is 0 Å². The summed E-state index contributed by atoms with van der Waals surface area (Å²) in [6, 6.07) is 4.40. The van der Waals surface area contributed by atoms with Crippen molar-refractivity contribution in [1.82, 2.24) is 25.2 Å². The van der Waals surface area contributed by atoms with Gasteiger partial charge in [-0.25, -0.2) is 32.3 Å². The van der Waals surface area contributed by atoms with Gasteiger partial charge in [-0.1, -0.05) is 6.07 Å². The van der Waals surface area contributed by atoms with Gasteiger partial charge in [0.15, 0.2) is 35.8 Å². The molecule has 4 fully saturated rings. The van der Waals surface area contributed by atoms with Gasteiger partial charge in [-0.3, -0.25) is 4.90 Å². The highest BCUT2D eigenvalue weighted by molar-refractivity contribution is 6.01. The molecule has 3 atom stereocenters. The second-order valence-electron chi connectivity index (χ2n) is 14.5. The van der Waals surface area contributed by atoms with Crippen molar-refractivity contribution in [3.05, 3.63) is 47.4 Å². The Bertz CT molecular complexity index is 2030. The van der Waals surface area contributed by atoms with Gasteiger partial charge in [0.25, 0.3) is 0 Å².